The highest BCUT2D eigenvalue weighted by Crippen LogP contribution is 2.48. The highest BCUT2D eigenvalue weighted by Gasteiger charge is 2.36. The van der Waals surface area contributed by atoms with Gasteiger partial charge in [0.1, 0.15) is 0 Å². The molecule has 1 aliphatic carbocycles. The van der Waals surface area contributed by atoms with Crippen LogP contribution in [0, 0.1) is 20.8 Å². The van der Waals surface area contributed by atoms with Crippen molar-refractivity contribution < 1.29 is 14.3 Å². The van der Waals surface area contributed by atoms with Crippen LogP contribution in [0.1, 0.15) is 64.0 Å². The van der Waals surface area contributed by atoms with Gasteiger partial charge in [-0.05, 0) is 96.3 Å². The Balaban J connectivity index is 1.58. The number of amides is 1. The van der Waals surface area contributed by atoms with Crippen LogP contribution in [0.4, 0.5) is 0 Å². The van der Waals surface area contributed by atoms with Gasteiger partial charge in [-0.3, -0.25) is 9.59 Å². The van der Waals surface area contributed by atoms with Gasteiger partial charge < -0.3 is 28.8 Å². The summed E-state index contributed by atoms with van der Waals surface area (Å²) in [5, 5.41) is 0. The van der Waals surface area contributed by atoms with Crippen LogP contribution in [-0.4, -0.2) is 65.2 Å². The van der Waals surface area contributed by atoms with Crippen LogP contribution < -0.4 is 15.0 Å². The predicted molar refractivity (Wildman–Crippen MR) is 157 cm³/mol. The maximum absolute atomic E-state index is 14.2. The Morgan fingerprint density at radius 2 is 1.77 bits per heavy atom. The molecule has 40 heavy (non-hydrogen) atoms. The van der Waals surface area contributed by atoms with E-state index in [-0.39, 0.29) is 24.1 Å². The number of pyridine rings is 1. The molecular formula is C32H42N4O4. The first kappa shape index (κ1) is 28.0. The van der Waals surface area contributed by atoms with Crippen LogP contribution in [0.5, 0.6) is 11.5 Å². The monoisotopic (exact) mass is 546 g/mol. The summed E-state index contributed by atoms with van der Waals surface area (Å²) in [6.07, 6.45) is 6.79. The summed E-state index contributed by atoms with van der Waals surface area (Å²) in [6.45, 7) is 6.57. The molecule has 0 unspecified atom stereocenters. The number of nitrogens with one attached hydrogen (secondary N) is 1. The number of carbonyl (C=O) groups excluding carboxylic acids is 1. The fourth-order valence-corrected chi connectivity index (χ4v) is 6.53. The molecule has 5 rings (SSSR count). The Kier molecular flexibility index (Phi) is 7.82. The molecule has 1 aromatic carbocycles. The lowest BCUT2D eigenvalue weighted by Crippen LogP contribution is -2.40. The summed E-state index contributed by atoms with van der Waals surface area (Å²) in [4.78, 5) is 34.0. The van der Waals surface area contributed by atoms with Crippen LogP contribution in [0.25, 0.3) is 11.3 Å². The van der Waals surface area contributed by atoms with Gasteiger partial charge in [0.15, 0.2) is 11.5 Å². The molecule has 3 heterocycles. The summed E-state index contributed by atoms with van der Waals surface area (Å²) in [6, 6.07) is 6.59. The molecule has 8 heteroatoms. The molecule has 1 saturated carbocycles. The Labute approximate surface area is 236 Å². The van der Waals surface area contributed by atoms with Gasteiger partial charge in [-0.15, -0.1) is 0 Å². The Bertz CT molecular complexity index is 1480. The van der Waals surface area contributed by atoms with E-state index in [1.807, 2.05) is 46.1 Å². The first-order chi connectivity index (χ1) is 19.1. The van der Waals surface area contributed by atoms with Gasteiger partial charge in [-0.25, -0.2) is 0 Å². The van der Waals surface area contributed by atoms with Gasteiger partial charge in [0.05, 0.1) is 31.0 Å². The molecule has 0 radical (unpaired) electrons. The van der Waals surface area contributed by atoms with E-state index in [1.165, 1.54) is 0 Å². The van der Waals surface area contributed by atoms with E-state index in [0.717, 1.165) is 59.3 Å². The maximum Gasteiger partial charge on any atom is 0.254 e. The van der Waals surface area contributed by atoms with Gasteiger partial charge in [0, 0.05) is 48.2 Å². The number of nitrogens with zero attached hydrogens (tertiary/aromatic N) is 3. The molecule has 8 nitrogen and oxygen atoms in total. The van der Waals surface area contributed by atoms with Gasteiger partial charge >= 0.3 is 0 Å². The smallest absolute Gasteiger partial charge is 0.254 e. The van der Waals surface area contributed by atoms with Gasteiger partial charge in [0.25, 0.3) is 11.5 Å². The standard InChI is InChI=1S/C32H42N4O4/c1-19-17-20(2)33-31(37)25(19)18-36-16-14-24-27(32(36)38)21(3)29(40-23-12-10-22(11-13-23)34(4)5)30(39-7)28(24)26-9-8-15-35(26)6/h8-9,15,17,22-23H,10-14,16,18H2,1-7H3,(H,33,37). The predicted octanol–water partition coefficient (Wildman–Crippen LogP) is 4.76. The third kappa shape index (κ3) is 5.05. The number of carbonyl (C=O) groups is 1. The van der Waals surface area contributed by atoms with Crippen molar-refractivity contribution in [1.82, 2.24) is 19.4 Å². The fourth-order valence-electron chi connectivity index (χ4n) is 6.53. The number of ether oxygens (including phenoxy) is 2. The molecule has 0 spiro atoms. The molecule has 1 fully saturated rings. The zero-order valence-electron chi connectivity index (χ0n) is 24.9. The average Bonchev–Trinajstić information content (AvgIpc) is 3.33. The lowest BCUT2D eigenvalue weighted by atomic mass is 9.87. The third-order valence-corrected chi connectivity index (χ3v) is 8.79. The van der Waals surface area contributed by atoms with E-state index < -0.39 is 0 Å². The molecule has 0 saturated heterocycles. The van der Waals surface area contributed by atoms with Gasteiger partial charge in [0.2, 0.25) is 0 Å². The quantitative estimate of drug-likeness (QED) is 0.462. The van der Waals surface area contributed by atoms with Crippen molar-refractivity contribution in [2.75, 3.05) is 27.7 Å². The number of aromatic nitrogens is 2. The van der Waals surface area contributed by atoms with Crippen molar-refractivity contribution in [3.63, 3.8) is 0 Å². The number of methoxy groups -OCH3 is 1. The van der Waals surface area contributed by atoms with Gasteiger partial charge in [-0.2, -0.15) is 0 Å². The summed E-state index contributed by atoms with van der Waals surface area (Å²) in [5.74, 6) is 1.28. The molecule has 1 N–H and O–H groups in total. The first-order valence-electron chi connectivity index (χ1n) is 14.3. The topological polar surface area (TPSA) is 79.8 Å². The molecule has 0 bridgehead atoms. The second kappa shape index (κ2) is 11.2. The van der Waals surface area contributed by atoms with Crippen LogP contribution in [0.3, 0.4) is 0 Å². The number of benzene rings is 1. The molecule has 2 aromatic heterocycles. The molecule has 2 aliphatic rings. The zero-order valence-corrected chi connectivity index (χ0v) is 24.9. The van der Waals surface area contributed by atoms with Crippen LogP contribution >= 0.6 is 0 Å². The second-order valence-corrected chi connectivity index (χ2v) is 11.7. The Morgan fingerprint density at radius 1 is 1.05 bits per heavy atom. The van der Waals surface area contributed by atoms with Crippen molar-refractivity contribution in [2.24, 2.45) is 7.05 Å². The summed E-state index contributed by atoms with van der Waals surface area (Å²) in [7, 11) is 7.97. The van der Waals surface area contributed by atoms with Crippen LogP contribution in [0.2, 0.25) is 0 Å². The van der Waals surface area contributed by atoms with Crippen LogP contribution in [-0.2, 0) is 20.0 Å². The Morgan fingerprint density at radius 3 is 2.38 bits per heavy atom. The summed E-state index contributed by atoms with van der Waals surface area (Å²) < 4.78 is 14.9. The normalized spacial score (nSPS) is 19.2. The van der Waals surface area contributed by atoms with Crippen molar-refractivity contribution in [3.8, 4) is 22.8 Å². The van der Waals surface area contributed by atoms with Crippen molar-refractivity contribution in [3.05, 3.63) is 68.3 Å². The average molecular weight is 547 g/mol. The lowest BCUT2D eigenvalue weighted by Gasteiger charge is -2.35. The molecule has 214 valence electrons. The minimum Gasteiger partial charge on any atom is -0.492 e. The van der Waals surface area contributed by atoms with Crippen molar-refractivity contribution in [2.45, 2.75) is 71.6 Å². The number of fused-ring (bicyclic) bond motifs is 1. The number of H-pyrrole nitrogens is 1. The molecule has 1 amide bonds. The van der Waals surface area contributed by atoms with Crippen molar-refractivity contribution >= 4 is 5.91 Å². The number of hydrogen-bond acceptors (Lipinski definition) is 5. The zero-order chi connectivity index (χ0) is 28.7. The first-order valence-corrected chi connectivity index (χ1v) is 14.3. The number of hydrogen-bond donors (Lipinski definition) is 1. The second-order valence-electron chi connectivity index (χ2n) is 11.7. The molecule has 0 atom stereocenters. The number of aromatic amines is 1. The van der Waals surface area contributed by atoms with E-state index in [4.69, 9.17) is 9.47 Å². The molecule has 1 aliphatic heterocycles. The van der Waals surface area contributed by atoms with E-state index >= 15 is 0 Å². The summed E-state index contributed by atoms with van der Waals surface area (Å²) >= 11 is 0. The van der Waals surface area contributed by atoms with E-state index in [9.17, 15) is 9.59 Å². The lowest BCUT2D eigenvalue weighted by molar-refractivity contribution is 0.0722. The third-order valence-electron chi connectivity index (χ3n) is 8.79. The van der Waals surface area contributed by atoms with Gasteiger partial charge in [-0.1, -0.05) is 0 Å². The minimum atomic E-state index is -0.135. The Hall–Kier alpha value is -3.52. The largest absolute Gasteiger partial charge is 0.492 e. The number of aryl methyl sites for hydroxylation is 3. The van der Waals surface area contributed by atoms with E-state index in [2.05, 4.69) is 34.6 Å². The van der Waals surface area contributed by atoms with E-state index in [0.29, 0.717) is 41.6 Å². The van der Waals surface area contributed by atoms with E-state index in [1.54, 1.807) is 12.0 Å². The molecular weight excluding hydrogens is 504 g/mol. The highest BCUT2D eigenvalue weighted by molar-refractivity contribution is 6.02. The van der Waals surface area contributed by atoms with Crippen LogP contribution in [0.15, 0.2) is 29.2 Å². The fraction of sp³-hybridized carbons (Fsp3) is 0.500. The minimum absolute atomic E-state index is 0.0617. The number of rotatable bonds is 7. The SMILES string of the molecule is COc1c(OC2CCC(N(C)C)CC2)c(C)c2c(c1-c1cccn1C)CCN(Cc1c(C)cc(C)[nH]c1=O)C2=O. The maximum atomic E-state index is 14.2. The van der Waals surface area contributed by atoms with Crippen molar-refractivity contribution in [1.29, 1.82) is 0 Å². The molecule has 3 aromatic rings. The summed E-state index contributed by atoms with van der Waals surface area (Å²) in [5.41, 5.74) is 6.58. The highest BCUT2D eigenvalue weighted by atomic mass is 16.5.